The van der Waals surface area contributed by atoms with Crippen LogP contribution >= 0.6 is 0 Å². The van der Waals surface area contributed by atoms with Crippen LogP contribution in [0.4, 0.5) is 11.4 Å². The van der Waals surface area contributed by atoms with Crippen LogP contribution in [-0.4, -0.2) is 48.1 Å². The van der Waals surface area contributed by atoms with Gasteiger partial charge in [0.25, 0.3) is 0 Å². The number of amides is 2. The van der Waals surface area contributed by atoms with Gasteiger partial charge in [-0.2, -0.15) is 0 Å². The van der Waals surface area contributed by atoms with E-state index in [9.17, 15) is 14.7 Å². The average molecular weight is 705 g/mol. The molecule has 52 heavy (non-hydrogen) atoms. The summed E-state index contributed by atoms with van der Waals surface area (Å²) in [6.45, 7) is 5.86. The lowest BCUT2D eigenvalue weighted by Crippen LogP contribution is -2.37. The normalized spacial score (nSPS) is 17.1. The number of likely N-dealkylation sites (N-methyl/N-ethyl adjacent to an activating group) is 1. The smallest absolute Gasteiger partial charge is 0.224 e. The Balaban J connectivity index is 1.09. The summed E-state index contributed by atoms with van der Waals surface area (Å²) >= 11 is 0. The summed E-state index contributed by atoms with van der Waals surface area (Å²) in [4.78, 5) is 27.0. The van der Waals surface area contributed by atoms with Crippen LogP contribution in [0.5, 0.6) is 0 Å². The maximum absolute atomic E-state index is 12.6. The molecule has 1 saturated heterocycles. The van der Waals surface area contributed by atoms with E-state index in [2.05, 4.69) is 65.6 Å². The molecule has 0 radical (unpaired) electrons. The van der Waals surface area contributed by atoms with Gasteiger partial charge in [0.1, 0.15) is 0 Å². The Hall–Kier alpha value is -4.80. The summed E-state index contributed by atoms with van der Waals surface area (Å²) < 4.78 is 13.0. The number of ether oxygens (including phenoxy) is 2. The number of benzene rings is 4. The Morgan fingerprint density at radius 1 is 0.846 bits per heavy atom. The van der Waals surface area contributed by atoms with Gasteiger partial charge < -0.3 is 35.8 Å². The molecule has 0 bridgehead atoms. The number of aliphatic hydroxyl groups excluding tert-OH is 1. The number of carbonyl (C=O) groups is 2. The van der Waals surface area contributed by atoms with Crippen molar-refractivity contribution in [2.45, 2.75) is 76.6 Å². The topological polar surface area (TPSA) is 126 Å². The fourth-order valence-electron chi connectivity index (χ4n) is 6.41. The predicted octanol–water partition coefficient (Wildman–Crippen LogP) is 7.69. The van der Waals surface area contributed by atoms with Gasteiger partial charge in [0.05, 0.1) is 30.2 Å². The predicted molar refractivity (Wildman–Crippen MR) is 207 cm³/mol. The van der Waals surface area contributed by atoms with Gasteiger partial charge in [-0.3, -0.25) is 9.59 Å². The number of unbranched alkanes of at least 4 members (excludes halogenated alkanes) is 3. The third kappa shape index (κ3) is 11.6. The van der Waals surface area contributed by atoms with E-state index >= 15 is 0 Å². The summed E-state index contributed by atoms with van der Waals surface area (Å²) in [6, 6.07) is 31.6. The maximum atomic E-state index is 12.6. The largest absolute Gasteiger partial charge is 0.397 e. The number of hydrogen-bond donors (Lipinski definition) is 4. The molecule has 1 heterocycles. The number of nitrogens with one attached hydrogen (secondary N) is 2. The average Bonchev–Trinajstić information content (AvgIpc) is 3.16. The van der Waals surface area contributed by atoms with Crippen LogP contribution < -0.4 is 16.4 Å². The van der Waals surface area contributed by atoms with Crippen molar-refractivity contribution in [3.8, 4) is 11.1 Å². The van der Waals surface area contributed by atoms with Gasteiger partial charge in [0.15, 0.2) is 6.29 Å². The number of nitrogen functional groups attached to an aromatic ring is 1. The second-order valence-corrected chi connectivity index (χ2v) is 13.5. The second-order valence-electron chi connectivity index (χ2n) is 13.5. The van der Waals surface area contributed by atoms with Crippen molar-refractivity contribution in [2.24, 2.45) is 0 Å². The number of carbonyl (C=O) groups excluding carboxylic acids is 2. The minimum absolute atomic E-state index is 0.00853. The van der Waals surface area contributed by atoms with Crippen molar-refractivity contribution in [1.82, 2.24) is 10.2 Å². The number of rotatable bonds is 18. The zero-order valence-electron chi connectivity index (χ0n) is 30.1. The Morgan fingerprint density at radius 3 is 2.27 bits per heavy atom. The van der Waals surface area contributed by atoms with Gasteiger partial charge in [-0.15, -0.1) is 6.58 Å². The summed E-state index contributed by atoms with van der Waals surface area (Å²) in [5.74, 6) is -0.0231. The van der Waals surface area contributed by atoms with Crippen molar-refractivity contribution in [1.29, 1.82) is 0 Å². The molecule has 2 amide bonds. The standard InChI is InChI=1S/C43H52N4O5/c1-3-25-47(2)29-37-27-40(34-19-17-31(30-48)18-20-34)52-43(51-37)35-23-21-33(22-24-35)36-12-10-11-32(26-36)28-45-41(49)15-6-4-5-7-16-42(50)46-39-14-9-8-13-38(39)44/h3,8-14,17-24,26,37,40,43,48H,1,4-7,15-16,25,27-30,44H2,2H3,(H,45,49)(H,46,50)/t37-,40+,43+/m1/s1. The Morgan fingerprint density at radius 2 is 1.56 bits per heavy atom. The summed E-state index contributed by atoms with van der Waals surface area (Å²) in [5.41, 5.74) is 13.1. The molecule has 3 atom stereocenters. The van der Waals surface area contributed by atoms with Crippen LogP contribution in [0.25, 0.3) is 11.1 Å². The van der Waals surface area contributed by atoms with Crippen LogP contribution in [0.15, 0.2) is 110 Å². The van der Waals surface area contributed by atoms with E-state index in [0.29, 0.717) is 30.8 Å². The molecule has 9 nitrogen and oxygen atoms in total. The highest BCUT2D eigenvalue weighted by Gasteiger charge is 2.32. The van der Waals surface area contributed by atoms with Crippen molar-refractivity contribution in [3.63, 3.8) is 0 Å². The van der Waals surface area contributed by atoms with E-state index in [1.54, 1.807) is 12.1 Å². The quantitative estimate of drug-likeness (QED) is 0.0476. The van der Waals surface area contributed by atoms with Gasteiger partial charge in [-0.05, 0) is 65.9 Å². The molecule has 0 aliphatic carbocycles. The molecule has 0 aromatic heterocycles. The van der Waals surface area contributed by atoms with Crippen LogP contribution in [0.1, 0.15) is 79.6 Å². The minimum atomic E-state index is -0.520. The second kappa shape index (κ2) is 19.7. The van der Waals surface area contributed by atoms with Crippen LogP contribution in [0.3, 0.4) is 0 Å². The van der Waals surface area contributed by atoms with Gasteiger partial charge in [-0.25, -0.2) is 0 Å². The third-order valence-corrected chi connectivity index (χ3v) is 9.30. The molecular formula is C43H52N4O5. The Labute approximate surface area is 307 Å². The lowest BCUT2D eigenvalue weighted by Gasteiger charge is -2.37. The SMILES string of the molecule is C=CCN(C)C[C@H]1C[C@@H](c2ccc(CO)cc2)O[C@@H](c2ccc(-c3cccc(CNC(=O)CCCCCCC(=O)Nc4ccccc4N)c3)cc2)O1. The van der Waals surface area contributed by atoms with E-state index in [0.717, 1.165) is 78.6 Å². The molecule has 4 aromatic rings. The van der Waals surface area contributed by atoms with Crippen molar-refractivity contribution in [3.05, 3.63) is 132 Å². The lowest BCUT2D eigenvalue weighted by molar-refractivity contribution is -0.252. The van der Waals surface area contributed by atoms with Crippen LogP contribution in [-0.2, 0) is 32.2 Å². The van der Waals surface area contributed by atoms with Crippen molar-refractivity contribution < 1.29 is 24.2 Å². The summed E-state index contributed by atoms with van der Waals surface area (Å²) in [5, 5.41) is 15.4. The first-order valence-electron chi connectivity index (χ1n) is 18.2. The molecule has 9 heteroatoms. The van der Waals surface area contributed by atoms with E-state index in [-0.39, 0.29) is 30.6 Å². The highest BCUT2D eigenvalue weighted by Crippen LogP contribution is 2.38. The number of hydrogen-bond acceptors (Lipinski definition) is 7. The molecule has 0 saturated carbocycles. The van der Waals surface area contributed by atoms with Gasteiger partial charge in [-0.1, -0.05) is 97.8 Å². The number of nitrogens with zero attached hydrogens (tertiary/aromatic N) is 1. The molecule has 0 unspecified atom stereocenters. The highest BCUT2D eigenvalue weighted by atomic mass is 16.7. The zero-order valence-corrected chi connectivity index (χ0v) is 30.1. The minimum Gasteiger partial charge on any atom is -0.397 e. The molecular weight excluding hydrogens is 652 g/mol. The monoisotopic (exact) mass is 704 g/mol. The molecule has 1 aliphatic heterocycles. The Bertz CT molecular complexity index is 1740. The zero-order chi connectivity index (χ0) is 36.7. The highest BCUT2D eigenvalue weighted by molar-refractivity contribution is 5.93. The number of nitrogens with two attached hydrogens (primary N) is 1. The molecule has 0 spiro atoms. The number of anilines is 2. The first kappa shape index (κ1) is 38.4. The molecule has 1 fully saturated rings. The van der Waals surface area contributed by atoms with E-state index < -0.39 is 6.29 Å². The fourth-order valence-corrected chi connectivity index (χ4v) is 6.41. The molecule has 274 valence electrons. The lowest BCUT2D eigenvalue weighted by atomic mass is 9.99. The number of para-hydroxylation sites is 2. The van der Waals surface area contributed by atoms with Crippen molar-refractivity contribution in [2.75, 3.05) is 31.2 Å². The van der Waals surface area contributed by atoms with E-state index in [1.807, 2.05) is 54.6 Å². The third-order valence-electron chi connectivity index (χ3n) is 9.30. The van der Waals surface area contributed by atoms with Crippen molar-refractivity contribution >= 4 is 23.2 Å². The van der Waals surface area contributed by atoms with Gasteiger partial charge >= 0.3 is 0 Å². The Kier molecular flexibility index (Phi) is 14.6. The molecule has 4 aromatic carbocycles. The van der Waals surface area contributed by atoms with E-state index in [1.165, 1.54) is 0 Å². The first-order chi connectivity index (χ1) is 25.3. The van der Waals surface area contributed by atoms with Gasteiger partial charge in [0.2, 0.25) is 11.8 Å². The number of aliphatic hydroxyl groups is 1. The maximum Gasteiger partial charge on any atom is 0.224 e. The van der Waals surface area contributed by atoms with Crippen LogP contribution in [0, 0.1) is 0 Å². The molecule has 5 N–H and O–H groups in total. The first-order valence-corrected chi connectivity index (χ1v) is 18.2. The van der Waals surface area contributed by atoms with E-state index in [4.69, 9.17) is 15.2 Å². The molecule has 5 rings (SSSR count). The fraction of sp³-hybridized carbons (Fsp3) is 0.349. The summed E-state index contributed by atoms with van der Waals surface area (Å²) in [7, 11) is 2.06. The summed E-state index contributed by atoms with van der Waals surface area (Å²) in [6.07, 6.45) is 6.14. The van der Waals surface area contributed by atoms with Crippen LogP contribution in [0.2, 0.25) is 0 Å². The molecule has 1 aliphatic rings. The van der Waals surface area contributed by atoms with Gasteiger partial charge in [0, 0.05) is 44.5 Å².